The molecule has 0 fully saturated rings. The van der Waals surface area contributed by atoms with Gasteiger partial charge in [0.25, 0.3) is 11.9 Å². The van der Waals surface area contributed by atoms with Crippen molar-refractivity contribution in [1.82, 2.24) is 20.2 Å². The van der Waals surface area contributed by atoms with Crippen LogP contribution in [0.3, 0.4) is 0 Å². The van der Waals surface area contributed by atoms with E-state index in [1.165, 1.54) is 16.9 Å². The quantitative estimate of drug-likeness (QED) is 0.465. The van der Waals surface area contributed by atoms with Crippen molar-refractivity contribution in [2.75, 3.05) is 11.9 Å². The van der Waals surface area contributed by atoms with Gasteiger partial charge in [0, 0.05) is 11.6 Å². The summed E-state index contributed by atoms with van der Waals surface area (Å²) in [6, 6.07) is 3.93. The highest BCUT2D eigenvalue weighted by Crippen LogP contribution is 2.28. The summed E-state index contributed by atoms with van der Waals surface area (Å²) in [6.45, 7) is 5.87. The second-order valence-corrected chi connectivity index (χ2v) is 4.28. The van der Waals surface area contributed by atoms with Gasteiger partial charge in [-0.05, 0) is 24.3 Å². The molecular formula is C13H14N6O4. The van der Waals surface area contributed by atoms with E-state index in [9.17, 15) is 14.9 Å². The molecule has 0 aliphatic carbocycles. The minimum absolute atomic E-state index is 0.00612. The Kier molecular flexibility index (Phi) is 4.97. The Bertz CT molecular complexity index is 742. The minimum atomic E-state index is -0.611. The number of carbonyl (C=O) groups is 1. The second-order valence-electron chi connectivity index (χ2n) is 4.28. The number of nitrogens with one attached hydrogen (secondary N) is 1. The lowest BCUT2D eigenvalue weighted by Gasteiger charge is -2.06. The summed E-state index contributed by atoms with van der Waals surface area (Å²) in [5.41, 5.74) is -0.206. The van der Waals surface area contributed by atoms with Crippen molar-refractivity contribution >= 4 is 17.5 Å². The first-order valence-electron chi connectivity index (χ1n) is 6.66. The first-order chi connectivity index (χ1) is 11.0. The number of aromatic nitrogens is 4. The third-order valence-corrected chi connectivity index (χ3v) is 2.69. The van der Waals surface area contributed by atoms with Crippen molar-refractivity contribution in [2.45, 2.75) is 13.5 Å². The highest BCUT2D eigenvalue weighted by atomic mass is 16.6. The summed E-state index contributed by atoms with van der Waals surface area (Å²) in [6.07, 6.45) is 1.57. The number of hydrogen-bond donors (Lipinski definition) is 1. The molecule has 1 aromatic carbocycles. The van der Waals surface area contributed by atoms with Crippen LogP contribution in [-0.2, 0) is 6.54 Å². The van der Waals surface area contributed by atoms with Crippen molar-refractivity contribution in [2.24, 2.45) is 0 Å². The van der Waals surface area contributed by atoms with Crippen molar-refractivity contribution in [3.8, 4) is 5.75 Å². The van der Waals surface area contributed by atoms with Crippen LogP contribution in [-0.4, -0.2) is 37.6 Å². The fraction of sp³-hybridized carbons (Fsp3) is 0.231. The summed E-state index contributed by atoms with van der Waals surface area (Å²) in [5, 5.41) is 24.7. The van der Waals surface area contributed by atoms with E-state index in [0.29, 0.717) is 6.54 Å². The number of nitro benzene ring substituents is 1. The van der Waals surface area contributed by atoms with Crippen LogP contribution in [0.15, 0.2) is 30.9 Å². The van der Waals surface area contributed by atoms with Gasteiger partial charge in [0.05, 0.1) is 18.1 Å². The highest BCUT2D eigenvalue weighted by Gasteiger charge is 2.19. The van der Waals surface area contributed by atoms with Crippen LogP contribution in [0.1, 0.15) is 17.3 Å². The molecule has 0 saturated carbocycles. The summed E-state index contributed by atoms with van der Waals surface area (Å²) >= 11 is 0. The lowest BCUT2D eigenvalue weighted by Crippen LogP contribution is -2.14. The summed E-state index contributed by atoms with van der Waals surface area (Å²) in [4.78, 5) is 23.8. The number of rotatable bonds is 7. The summed E-state index contributed by atoms with van der Waals surface area (Å²) < 4.78 is 5.16. The maximum Gasteiger partial charge on any atom is 0.311 e. The van der Waals surface area contributed by atoms with Gasteiger partial charge in [0.1, 0.15) is 0 Å². The van der Waals surface area contributed by atoms with Gasteiger partial charge in [0.2, 0.25) is 0 Å². The molecule has 0 bridgehead atoms. The van der Waals surface area contributed by atoms with Gasteiger partial charge in [-0.2, -0.15) is 4.80 Å². The van der Waals surface area contributed by atoms with Crippen molar-refractivity contribution in [1.29, 1.82) is 0 Å². The number of amides is 1. The van der Waals surface area contributed by atoms with Crippen LogP contribution < -0.4 is 10.1 Å². The molecule has 10 heteroatoms. The fourth-order valence-corrected chi connectivity index (χ4v) is 1.74. The van der Waals surface area contributed by atoms with Crippen LogP contribution in [0, 0.1) is 10.1 Å². The smallest absolute Gasteiger partial charge is 0.311 e. The van der Waals surface area contributed by atoms with Crippen molar-refractivity contribution in [3.63, 3.8) is 0 Å². The number of nitro groups is 1. The molecule has 2 aromatic rings. The average molecular weight is 318 g/mol. The number of allylic oxidation sites excluding steroid dienone is 1. The van der Waals surface area contributed by atoms with Gasteiger partial charge in [-0.25, -0.2) is 0 Å². The number of benzene rings is 1. The molecule has 0 aliphatic rings. The van der Waals surface area contributed by atoms with Gasteiger partial charge in [-0.3, -0.25) is 20.2 Å². The predicted octanol–water partition coefficient (Wildman–Crippen LogP) is 1.42. The number of hydrogen-bond acceptors (Lipinski definition) is 7. The second kappa shape index (κ2) is 7.11. The highest BCUT2D eigenvalue weighted by molar-refractivity contribution is 6.03. The molecule has 120 valence electrons. The third-order valence-electron chi connectivity index (χ3n) is 2.69. The third kappa shape index (κ3) is 3.87. The number of carbonyl (C=O) groups excluding carboxylic acids is 1. The standard InChI is InChI=1S/C13H14N6O4/c1-3-7-18-16-13(15-17-18)14-12(20)9-5-6-11(23-4-2)10(8-9)19(21)22/h3,5-6,8H,1,4,7H2,2H3,(H,14,16,20). The number of tetrazole rings is 1. The first kappa shape index (κ1) is 16.1. The minimum Gasteiger partial charge on any atom is -0.487 e. The Labute approximate surface area is 130 Å². The molecule has 0 radical (unpaired) electrons. The first-order valence-corrected chi connectivity index (χ1v) is 6.66. The molecule has 10 nitrogen and oxygen atoms in total. The Hall–Kier alpha value is -3.30. The number of nitrogens with zero attached hydrogens (tertiary/aromatic N) is 5. The molecule has 0 aliphatic heterocycles. The molecule has 1 heterocycles. The molecule has 23 heavy (non-hydrogen) atoms. The Morgan fingerprint density at radius 1 is 1.57 bits per heavy atom. The fourth-order valence-electron chi connectivity index (χ4n) is 1.74. The zero-order valence-corrected chi connectivity index (χ0v) is 12.3. The molecule has 0 spiro atoms. The van der Waals surface area contributed by atoms with Gasteiger partial charge >= 0.3 is 5.69 Å². The van der Waals surface area contributed by atoms with E-state index >= 15 is 0 Å². The van der Waals surface area contributed by atoms with Crippen LogP contribution in [0.5, 0.6) is 5.75 Å². The van der Waals surface area contributed by atoms with Gasteiger partial charge < -0.3 is 4.74 Å². The van der Waals surface area contributed by atoms with E-state index in [4.69, 9.17) is 4.74 Å². The molecule has 2 rings (SSSR count). The van der Waals surface area contributed by atoms with Crippen LogP contribution >= 0.6 is 0 Å². The lowest BCUT2D eigenvalue weighted by atomic mass is 10.1. The van der Waals surface area contributed by atoms with Gasteiger partial charge in [-0.1, -0.05) is 11.2 Å². The Morgan fingerprint density at radius 3 is 3.00 bits per heavy atom. The number of anilines is 1. The molecular weight excluding hydrogens is 304 g/mol. The maximum absolute atomic E-state index is 12.1. The zero-order chi connectivity index (χ0) is 16.8. The molecule has 0 unspecified atom stereocenters. The van der Waals surface area contributed by atoms with E-state index in [-0.39, 0.29) is 29.6 Å². The van der Waals surface area contributed by atoms with Gasteiger partial charge in [0.15, 0.2) is 5.75 Å². The summed E-state index contributed by atoms with van der Waals surface area (Å²) in [5.74, 6) is -0.494. The van der Waals surface area contributed by atoms with Crippen LogP contribution in [0.2, 0.25) is 0 Å². The maximum atomic E-state index is 12.1. The topological polar surface area (TPSA) is 125 Å². The van der Waals surface area contributed by atoms with E-state index in [1.54, 1.807) is 13.0 Å². The molecule has 0 saturated heterocycles. The monoisotopic (exact) mass is 318 g/mol. The zero-order valence-electron chi connectivity index (χ0n) is 12.3. The van der Waals surface area contributed by atoms with Crippen molar-refractivity contribution in [3.05, 3.63) is 46.5 Å². The van der Waals surface area contributed by atoms with E-state index < -0.39 is 10.8 Å². The van der Waals surface area contributed by atoms with Crippen LogP contribution in [0.25, 0.3) is 0 Å². The molecule has 0 atom stereocenters. The van der Waals surface area contributed by atoms with E-state index in [0.717, 1.165) is 6.07 Å². The average Bonchev–Trinajstić information content (AvgIpc) is 2.95. The molecule has 1 aromatic heterocycles. The molecule has 1 amide bonds. The van der Waals surface area contributed by atoms with Crippen molar-refractivity contribution < 1.29 is 14.5 Å². The summed E-state index contributed by atoms with van der Waals surface area (Å²) in [7, 11) is 0. The Morgan fingerprint density at radius 2 is 2.35 bits per heavy atom. The lowest BCUT2D eigenvalue weighted by molar-refractivity contribution is -0.385. The Balaban J connectivity index is 2.19. The molecule has 1 N–H and O–H groups in total. The largest absolute Gasteiger partial charge is 0.487 e. The van der Waals surface area contributed by atoms with E-state index in [2.05, 4.69) is 27.3 Å². The van der Waals surface area contributed by atoms with Crippen LogP contribution in [0.4, 0.5) is 11.6 Å². The normalized spacial score (nSPS) is 10.1. The number of ether oxygens (including phenoxy) is 1. The predicted molar refractivity (Wildman–Crippen MR) is 80.2 cm³/mol. The van der Waals surface area contributed by atoms with E-state index in [1.807, 2.05) is 0 Å². The SMILES string of the molecule is C=CCn1nnc(NC(=O)c2ccc(OCC)c([N+](=O)[O-])c2)n1. The van der Waals surface area contributed by atoms with Gasteiger partial charge in [-0.15, -0.1) is 11.7 Å².